The van der Waals surface area contributed by atoms with E-state index >= 15 is 0 Å². The third-order valence-corrected chi connectivity index (χ3v) is 3.85. The molecular formula is C20H29NO2. The average Bonchev–Trinajstić information content (AvgIpc) is 2.53. The molecule has 0 unspecified atom stereocenters. The number of Topliss-reactive ketones (excluding diaryl/α,β-unsaturated/α-hetero) is 2. The topological polar surface area (TPSA) is 60.2 Å². The summed E-state index contributed by atoms with van der Waals surface area (Å²) in [7, 11) is 0. The zero-order valence-electron chi connectivity index (χ0n) is 14.9. The zero-order chi connectivity index (χ0) is 18.0. The monoisotopic (exact) mass is 315 g/mol. The lowest BCUT2D eigenvalue weighted by Crippen LogP contribution is -2.11. The number of allylic oxidation sites excluding steroid dienone is 2. The molecule has 1 aromatic rings. The molecule has 0 fully saturated rings. The maximum Gasteiger partial charge on any atom is 0.156 e. The molecule has 126 valence electrons. The van der Waals surface area contributed by atoms with E-state index in [9.17, 15) is 9.59 Å². The predicted molar refractivity (Wildman–Crippen MR) is 98.4 cm³/mol. The van der Waals surface area contributed by atoms with Crippen LogP contribution in [0.1, 0.15) is 50.7 Å². The van der Waals surface area contributed by atoms with Crippen LogP contribution >= 0.6 is 0 Å². The Morgan fingerprint density at radius 1 is 0.913 bits per heavy atom. The largest absolute Gasteiger partial charge is 0.399 e. The van der Waals surface area contributed by atoms with E-state index in [-0.39, 0.29) is 11.6 Å². The minimum absolute atomic E-state index is 0.0694. The molecule has 1 aliphatic rings. The van der Waals surface area contributed by atoms with E-state index in [1.165, 1.54) is 11.1 Å². The van der Waals surface area contributed by atoms with Crippen molar-refractivity contribution in [2.75, 3.05) is 5.73 Å². The standard InChI is InChI=1S/C10H14O2.C8H11N.C2H4/c1-7(11)9-5-3-4-6-10(9)8(2)12;1-6-3-4-8(9)5-7(6)2;1-2/h3-6H2,1-2H3;3-5H,9H2,1-2H3;1-2H2. The van der Waals surface area contributed by atoms with Crippen LogP contribution in [0, 0.1) is 13.8 Å². The second-order valence-electron chi connectivity index (χ2n) is 5.62. The molecule has 0 heterocycles. The number of hydrogen-bond acceptors (Lipinski definition) is 3. The number of hydrogen-bond donors (Lipinski definition) is 1. The molecule has 0 atom stereocenters. The van der Waals surface area contributed by atoms with Crippen LogP contribution in [0.25, 0.3) is 0 Å². The molecule has 0 amide bonds. The van der Waals surface area contributed by atoms with Gasteiger partial charge in [0.05, 0.1) is 0 Å². The van der Waals surface area contributed by atoms with Gasteiger partial charge < -0.3 is 5.73 Å². The molecule has 0 saturated carbocycles. The highest BCUT2D eigenvalue weighted by Gasteiger charge is 2.18. The Morgan fingerprint density at radius 3 is 1.65 bits per heavy atom. The van der Waals surface area contributed by atoms with E-state index in [1.807, 2.05) is 18.2 Å². The first-order chi connectivity index (χ1) is 10.8. The minimum Gasteiger partial charge on any atom is -0.399 e. The van der Waals surface area contributed by atoms with Crippen molar-refractivity contribution in [3.05, 3.63) is 53.6 Å². The van der Waals surface area contributed by atoms with E-state index in [2.05, 4.69) is 27.0 Å². The van der Waals surface area contributed by atoms with Crippen molar-refractivity contribution in [1.29, 1.82) is 0 Å². The van der Waals surface area contributed by atoms with Crippen molar-refractivity contribution in [3.63, 3.8) is 0 Å². The third-order valence-electron chi connectivity index (χ3n) is 3.85. The highest BCUT2D eigenvalue weighted by atomic mass is 16.1. The summed E-state index contributed by atoms with van der Waals surface area (Å²) in [6.45, 7) is 13.2. The van der Waals surface area contributed by atoms with Crippen LogP contribution in [0.5, 0.6) is 0 Å². The number of carbonyl (C=O) groups is 2. The molecule has 1 aliphatic carbocycles. The van der Waals surface area contributed by atoms with E-state index in [0.29, 0.717) is 0 Å². The van der Waals surface area contributed by atoms with Gasteiger partial charge in [0, 0.05) is 16.8 Å². The Balaban J connectivity index is 0.000000392. The molecule has 2 N–H and O–H groups in total. The van der Waals surface area contributed by atoms with Gasteiger partial charge in [-0.25, -0.2) is 0 Å². The van der Waals surface area contributed by atoms with Gasteiger partial charge in [-0.1, -0.05) is 6.07 Å². The van der Waals surface area contributed by atoms with Crippen LogP contribution < -0.4 is 5.73 Å². The van der Waals surface area contributed by atoms with E-state index in [0.717, 1.165) is 42.5 Å². The van der Waals surface area contributed by atoms with Crippen LogP contribution in [-0.2, 0) is 9.59 Å². The molecule has 0 spiro atoms. The lowest BCUT2D eigenvalue weighted by molar-refractivity contribution is -0.116. The maximum atomic E-state index is 11.1. The van der Waals surface area contributed by atoms with Gasteiger partial charge in [-0.15, -0.1) is 13.2 Å². The predicted octanol–water partition coefficient (Wildman–Crippen LogP) is 4.72. The summed E-state index contributed by atoms with van der Waals surface area (Å²) in [5.74, 6) is 0.139. The van der Waals surface area contributed by atoms with Crippen molar-refractivity contribution in [2.45, 2.75) is 53.4 Å². The number of rotatable bonds is 2. The third kappa shape index (κ3) is 7.09. The number of carbonyl (C=O) groups excluding carboxylic acids is 2. The van der Waals surface area contributed by atoms with Crippen molar-refractivity contribution in [3.8, 4) is 0 Å². The average molecular weight is 315 g/mol. The summed E-state index contributed by atoms with van der Waals surface area (Å²) in [4.78, 5) is 22.2. The maximum absolute atomic E-state index is 11.1. The Hall–Kier alpha value is -2.16. The normalized spacial score (nSPS) is 13.2. The Bertz CT molecular complexity index is 559. The Kier molecular flexibility index (Phi) is 9.56. The fraction of sp³-hybridized carbons (Fsp3) is 0.400. The summed E-state index contributed by atoms with van der Waals surface area (Å²) in [6.07, 6.45) is 3.69. The van der Waals surface area contributed by atoms with Crippen LogP contribution in [0.2, 0.25) is 0 Å². The van der Waals surface area contributed by atoms with E-state index < -0.39 is 0 Å². The first-order valence-electron chi connectivity index (χ1n) is 7.89. The van der Waals surface area contributed by atoms with Gasteiger partial charge in [-0.3, -0.25) is 9.59 Å². The second kappa shape index (κ2) is 10.5. The molecule has 23 heavy (non-hydrogen) atoms. The molecule has 0 aromatic heterocycles. The molecule has 3 heteroatoms. The summed E-state index contributed by atoms with van der Waals surface area (Å²) < 4.78 is 0. The van der Waals surface area contributed by atoms with Gasteiger partial charge in [-0.2, -0.15) is 0 Å². The van der Waals surface area contributed by atoms with Gasteiger partial charge >= 0.3 is 0 Å². The van der Waals surface area contributed by atoms with Crippen molar-refractivity contribution in [2.24, 2.45) is 0 Å². The number of nitrogen functional groups attached to an aromatic ring is 1. The number of benzene rings is 1. The molecule has 3 nitrogen and oxygen atoms in total. The Morgan fingerprint density at radius 2 is 1.35 bits per heavy atom. The molecule has 0 saturated heterocycles. The lowest BCUT2D eigenvalue weighted by atomic mass is 9.88. The number of aryl methyl sites for hydroxylation is 2. The summed E-state index contributed by atoms with van der Waals surface area (Å²) in [6, 6.07) is 5.93. The van der Waals surface area contributed by atoms with Crippen molar-refractivity contribution >= 4 is 17.3 Å². The number of ketones is 2. The van der Waals surface area contributed by atoms with Crippen LogP contribution in [0.3, 0.4) is 0 Å². The minimum atomic E-state index is 0.0694. The highest BCUT2D eigenvalue weighted by Crippen LogP contribution is 2.25. The van der Waals surface area contributed by atoms with E-state index in [4.69, 9.17) is 5.73 Å². The molecule has 2 rings (SSSR count). The van der Waals surface area contributed by atoms with Crippen LogP contribution in [-0.4, -0.2) is 11.6 Å². The Labute approximate surface area is 140 Å². The van der Waals surface area contributed by atoms with Gasteiger partial charge in [-0.05, 0) is 76.6 Å². The fourth-order valence-electron chi connectivity index (χ4n) is 2.45. The van der Waals surface area contributed by atoms with Crippen molar-refractivity contribution in [1.82, 2.24) is 0 Å². The fourth-order valence-corrected chi connectivity index (χ4v) is 2.45. The van der Waals surface area contributed by atoms with Gasteiger partial charge in [0.2, 0.25) is 0 Å². The highest BCUT2D eigenvalue weighted by molar-refractivity contribution is 6.04. The van der Waals surface area contributed by atoms with Gasteiger partial charge in [0.25, 0.3) is 0 Å². The van der Waals surface area contributed by atoms with Crippen LogP contribution in [0.4, 0.5) is 5.69 Å². The smallest absolute Gasteiger partial charge is 0.156 e. The molecule has 1 aromatic carbocycles. The molecular weight excluding hydrogens is 286 g/mol. The molecule has 0 bridgehead atoms. The lowest BCUT2D eigenvalue weighted by Gasteiger charge is -2.15. The summed E-state index contributed by atoms with van der Waals surface area (Å²) in [5, 5.41) is 0. The summed E-state index contributed by atoms with van der Waals surface area (Å²) >= 11 is 0. The SMILES string of the molecule is C=C.CC(=O)C1=C(C(C)=O)CCCC1.Cc1ccc(N)cc1C. The number of anilines is 1. The summed E-state index contributed by atoms with van der Waals surface area (Å²) in [5.41, 5.74) is 10.5. The van der Waals surface area contributed by atoms with Crippen molar-refractivity contribution < 1.29 is 9.59 Å². The quantitative estimate of drug-likeness (QED) is 0.634. The van der Waals surface area contributed by atoms with Gasteiger partial charge in [0.15, 0.2) is 11.6 Å². The first-order valence-corrected chi connectivity index (χ1v) is 7.89. The zero-order valence-corrected chi connectivity index (χ0v) is 14.9. The molecule has 0 radical (unpaired) electrons. The first kappa shape index (κ1) is 20.8. The molecule has 0 aliphatic heterocycles. The van der Waals surface area contributed by atoms with E-state index in [1.54, 1.807) is 13.8 Å². The van der Waals surface area contributed by atoms with Gasteiger partial charge in [0.1, 0.15) is 0 Å². The number of nitrogens with two attached hydrogens (primary N) is 1. The van der Waals surface area contributed by atoms with Crippen LogP contribution in [0.15, 0.2) is 42.5 Å². The second-order valence-corrected chi connectivity index (χ2v) is 5.62.